The third-order valence-electron chi connectivity index (χ3n) is 5.76. The van der Waals surface area contributed by atoms with Crippen molar-refractivity contribution in [2.45, 2.75) is 52.1 Å². The Balaban J connectivity index is 1.84. The van der Waals surface area contributed by atoms with Crippen molar-refractivity contribution in [3.05, 3.63) is 70.6 Å². The van der Waals surface area contributed by atoms with E-state index in [0.717, 1.165) is 59.9 Å². The molecule has 0 bridgehead atoms. The lowest BCUT2D eigenvalue weighted by Gasteiger charge is -2.12. The smallest absolute Gasteiger partial charge is 0.416 e. The first-order valence-electron chi connectivity index (χ1n) is 11.6. The highest BCUT2D eigenvalue weighted by Crippen LogP contribution is 2.37. The number of aryl methyl sites for hydroxylation is 2. The first-order chi connectivity index (χ1) is 16.8. The summed E-state index contributed by atoms with van der Waals surface area (Å²) < 4.78 is 40.2. The molecule has 182 valence electrons. The van der Waals surface area contributed by atoms with Crippen LogP contribution in [0.25, 0.3) is 33.5 Å². The van der Waals surface area contributed by atoms with Crippen LogP contribution in [0.1, 0.15) is 49.3 Å². The number of benzene rings is 2. The van der Waals surface area contributed by atoms with Crippen LogP contribution >= 0.6 is 11.3 Å². The molecular formula is C27H26F3N3OS. The predicted molar refractivity (Wildman–Crippen MR) is 133 cm³/mol. The number of phenolic OH excluding ortho intramolecular Hbond substituents is 1. The van der Waals surface area contributed by atoms with E-state index in [4.69, 9.17) is 4.98 Å². The van der Waals surface area contributed by atoms with E-state index in [0.29, 0.717) is 17.2 Å². The van der Waals surface area contributed by atoms with Gasteiger partial charge in [0, 0.05) is 5.56 Å². The molecule has 2 heterocycles. The summed E-state index contributed by atoms with van der Waals surface area (Å²) in [5.74, 6) is 0.408. The highest BCUT2D eigenvalue weighted by molar-refractivity contribution is 7.13. The quantitative estimate of drug-likeness (QED) is 0.250. The van der Waals surface area contributed by atoms with Crippen LogP contribution in [0.3, 0.4) is 0 Å². The van der Waals surface area contributed by atoms with E-state index in [1.807, 2.05) is 42.6 Å². The summed E-state index contributed by atoms with van der Waals surface area (Å²) in [6.45, 7) is 4.13. The van der Waals surface area contributed by atoms with Gasteiger partial charge in [0.1, 0.15) is 5.75 Å². The minimum atomic E-state index is -4.56. The summed E-state index contributed by atoms with van der Waals surface area (Å²) in [4.78, 5) is 14.6. The van der Waals surface area contributed by atoms with Crippen LogP contribution in [0.2, 0.25) is 0 Å². The van der Waals surface area contributed by atoms with E-state index in [2.05, 4.69) is 16.9 Å². The highest BCUT2D eigenvalue weighted by atomic mass is 32.1. The van der Waals surface area contributed by atoms with Gasteiger partial charge in [0.15, 0.2) is 17.5 Å². The van der Waals surface area contributed by atoms with Crippen molar-refractivity contribution >= 4 is 11.3 Å². The molecule has 0 atom stereocenters. The molecule has 0 radical (unpaired) electrons. The molecule has 2 aromatic carbocycles. The average molecular weight is 498 g/mol. The second-order valence-electron chi connectivity index (χ2n) is 8.49. The molecular weight excluding hydrogens is 471 g/mol. The number of thiophene rings is 1. The fourth-order valence-electron chi connectivity index (χ4n) is 3.79. The molecule has 35 heavy (non-hydrogen) atoms. The molecule has 4 aromatic rings. The molecule has 0 aliphatic heterocycles. The summed E-state index contributed by atoms with van der Waals surface area (Å²) in [5.41, 5.74) is 1.92. The Morgan fingerprint density at radius 1 is 0.857 bits per heavy atom. The van der Waals surface area contributed by atoms with Gasteiger partial charge in [-0.25, -0.2) is 15.0 Å². The van der Waals surface area contributed by atoms with Gasteiger partial charge in [-0.2, -0.15) is 13.2 Å². The molecule has 1 N–H and O–H groups in total. The highest BCUT2D eigenvalue weighted by Gasteiger charge is 2.31. The molecule has 4 rings (SSSR count). The zero-order valence-electron chi connectivity index (χ0n) is 19.6. The molecule has 0 amide bonds. The monoisotopic (exact) mass is 497 g/mol. The number of hydrogen-bond acceptors (Lipinski definition) is 5. The SMILES string of the molecule is CCCCCCc1ccsc1-c1nc(-c2ccc(C)cc2)nc(-c2cc(C(F)(F)F)ccc2O)n1. The van der Waals surface area contributed by atoms with Gasteiger partial charge in [0.25, 0.3) is 0 Å². The second kappa shape index (κ2) is 10.6. The van der Waals surface area contributed by atoms with Crippen LogP contribution in [0, 0.1) is 6.92 Å². The number of nitrogens with zero attached hydrogens (tertiary/aromatic N) is 3. The van der Waals surface area contributed by atoms with Crippen LogP contribution in [0.15, 0.2) is 53.9 Å². The van der Waals surface area contributed by atoms with Gasteiger partial charge in [-0.3, -0.25) is 0 Å². The zero-order chi connectivity index (χ0) is 25.0. The Hall–Kier alpha value is -3.26. The zero-order valence-corrected chi connectivity index (χ0v) is 20.4. The van der Waals surface area contributed by atoms with E-state index >= 15 is 0 Å². The lowest BCUT2D eigenvalue weighted by molar-refractivity contribution is -0.137. The number of aromatic hydroxyl groups is 1. The van der Waals surface area contributed by atoms with E-state index < -0.39 is 11.7 Å². The molecule has 8 heteroatoms. The largest absolute Gasteiger partial charge is 0.507 e. The fraction of sp³-hybridized carbons (Fsp3) is 0.296. The van der Waals surface area contributed by atoms with Gasteiger partial charge in [-0.1, -0.05) is 56.0 Å². The van der Waals surface area contributed by atoms with Crippen LogP contribution in [-0.4, -0.2) is 20.1 Å². The Bertz CT molecular complexity index is 1300. The van der Waals surface area contributed by atoms with Gasteiger partial charge in [-0.15, -0.1) is 11.3 Å². The number of alkyl halides is 3. The standard InChI is InChI=1S/C27H26F3N3OS/c1-3-4-5-6-7-18-14-15-35-23(18)26-32-24(19-10-8-17(2)9-11-19)31-25(33-26)21-16-20(27(28,29)30)12-13-22(21)34/h8-16,34H,3-7H2,1-2H3. The predicted octanol–water partition coefficient (Wildman–Crippen LogP) is 8.09. The summed E-state index contributed by atoms with van der Waals surface area (Å²) in [5, 5.41) is 12.4. The summed E-state index contributed by atoms with van der Waals surface area (Å²) in [6, 6.07) is 12.4. The third kappa shape index (κ3) is 5.88. The maximum Gasteiger partial charge on any atom is 0.416 e. The Labute approximate surface area is 206 Å². The maximum atomic E-state index is 13.4. The van der Waals surface area contributed by atoms with Gasteiger partial charge in [-0.05, 0) is 55.0 Å². The maximum absolute atomic E-state index is 13.4. The third-order valence-corrected chi connectivity index (χ3v) is 6.71. The molecule has 0 spiro atoms. The Kier molecular flexibility index (Phi) is 7.50. The van der Waals surface area contributed by atoms with Gasteiger partial charge < -0.3 is 5.11 Å². The molecule has 2 aromatic heterocycles. The molecule has 0 saturated heterocycles. The topological polar surface area (TPSA) is 58.9 Å². The minimum Gasteiger partial charge on any atom is -0.507 e. The van der Waals surface area contributed by atoms with Gasteiger partial charge >= 0.3 is 6.18 Å². The van der Waals surface area contributed by atoms with E-state index in [9.17, 15) is 18.3 Å². The van der Waals surface area contributed by atoms with Gasteiger partial charge in [0.05, 0.1) is 16.0 Å². The minimum absolute atomic E-state index is 0.000456. The van der Waals surface area contributed by atoms with Crippen molar-refractivity contribution in [3.8, 4) is 39.2 Å². The van der Waals surface area contributed by atoms with Crippen molar-refractivity contribution < 1.29 is 18.3 Å². The molecule has 0 fully saturated rings. The van der Waals surface area contributed by atoms with Crippen molar-refractivity contribution in [1.82, 2.24) is 15.0 Å². The van der Waals surface area contributed by atoms with Gasteiger partial charge in [0.2, 0.25) is 0 Å². The number of unbranched alkanes of at least 4 members (excludes halogenated alkanes) is 3. The molecule has 0 aliphatic rings. The summed E-state index contributed by atoms with van der Waals surface area (Å²) in [6.07, 6.45) is 0.789. The van der Waals surface area contributed by atoms with Crippen LogP contribution < -0.4 is 0 Å². The van der Waals surface area contributed by atoms with E-state index in [1.54, 1.807) is 0 Å². The number of hydrogen-bond donors (Lipinski definition) is 1. The number of aromatic nitrogens is 3. The molecule has 0 unspecified atom stereocenters. The Morgan fingerprint density at radius 3 is 2.29 bits per heavy atom. The number of rotatable bonds is 8. The number of halogens is 3. The van der Waals surface area contributed by atoms with Crippen molar-refractivity contribution in [2.75, 3.05) is 0 Å². The van der Waals surface area contributed by atoms with Crippen LogP contribution in [0.4, 0.5) is 13.2 Å². The van der Waals surface area contributed by atoms with Crippen LogP contribution in [-0.2, 0) is 12.6 Å². The van der Waals surface area contributed by atoms with Crippen molar-refractivity contribution in [2.24, 2.45) is 0 Å². The number of phenols is 1. The van der Waals surface area contributed by atoms with Crippen LogP contribution in [0.5, 0.6) is 5.75 Å². The van der Waals surface area contributed by atoms with Crippen molar-refractivity contribution in [3.63, 3.8) is 0 Å². The molecule has 0 saturated carbocycles. The lowest BCUT2D eigenvalue weighted by atomic mass is 10.1. The lowest BCUT2D eigenvalue weighted by Crippen LogP contribution is -2.06. The normalized spacial score (nSPS) is 11.7. The first kappa shape index (κ1) is 24.9. The summed E-state index contributed by atoms with van der Waals surface area (Å²) in [7, 11) is 0. The first-order valence-corrected chi connectivity index (χ1v) is 12.4. The average Bonchev–Trinajstić information content (AvgIpc) is 3.30. The molecule has 0 aliphatic carbocycles. The van der Waals surface area contributed by atoms with Crippen molar-refractivity contribution in [1.29, 1.82) is 0 Å². The summed E-state index contributed by atoms with van der Waals surface area (Å²) >= 11 is 1.49. The van der Waals surface area contributed by atoms with E-state index in [1.165, 1.54) is 17.8 Å². The second-order valence-corrected chi connectivity index (χ2v) is 9.40. The van der Waals surface area contributed by atoms with E-state index in [-0.39, 0.29) is 17.1 Å². The molecule has 4 nitrogen and oxygen atoms in total. The fourth-order valence-corrected chi connectivity index (χ4v) is 4.68. The Morgan fingerprint density at radius 2 is 1.57 bits per heavy atom.